The van der Waals surface area contributed by atoms with E-state index >= 15 is 0 Å². The maximum absolute atomic E-state index is 12.8. The third-order valence-electron chi connectivity index (χ3n) is 6.09. The number of hydrogen-bond donors (Lipinski definition) is 0. The molecule has 1 amide bonds. The molecular formula is C23H27BrN2O4S. The van der Waals surface area contributed by atoms with Crippen molar-refractivity contribution in [3.8, 4) is 5.75 Å². The van der Waals surface area contributed by atoms with E-state index < -0.39 is 10.0 Å². The molecule has 1 saturated heterocycles. The first-order valence-electron chi connectivity index (χ1n) is 10.6. The van der Waals surface area contributed by atoms with Crippen molar-refractivity contribution < 1.29 is 17.9 Å². The molecule has 31 heavy (non-hydrogen) atoms. The van der Waals surface area contributed by atoms with Crippen LogP contribution in [0.1, 0.15) is 32.3 Å². The second-order valence-corrected chi connectivity index (χ2v) is 11.3. The van der Waals surface area contributed by atoms with Gasteiger partial charge in [-0.3, -0.25) is 4.79 Å². The van der Waals surface area contributed by atoms with Crippen molar-refractivity contribution in [1.82, 2.24) is 4.31 Å². The molecule has 2 aliphatic heterocycles. The second-order valence-electron chi connectivity index (χ2n) is 8.44. The number of rotatable bonds is 5. The van der Waals surface area contributed by atoms with E-state index in [0.29, 0.717) is 24.8 Å². The number of sulfonamides is 1. The third-order valence-corrected chi connectivity index (χ3v) is 8.50. The lowest BCUT2D eigenvalue weighted by Gasteiger charge is -2.29. The topological polar surface area (TPSA) is 66.9 Å². The predicted molar refractivity (Wildman–Crippen MR) is 124 cm³/mol. The third kappa shape index (κ3) is 4.66. The van der Waals surface area contributed by atoms with Gasteiger partial charge in [0.25, 0.3) is 5.91 Å². The zero-order valence-corrected chi connectivity index (χ0v) is 20.2. The molecule has 1 unspecified atom stereocenters. The van der Waals surface area contributed by atoms with Crippen LogP contribution in [0.25, 0.3) is 0 Å². The lowest BCUT2D eigenvalue weighted by Crippen LogP contribution is -2.39. The Morgan fingerprint density at radius 1 is 1.10 bits per heavy atom. The minimum Gasteiger partial charge on any atom is -0.484 e. The van der Waals surface area contributed by atoms with Crippen LogP contribution in [0.15, 0.2) is 51.8 Å². The fraction of sp³-hybridized carbons (Fsp3) is 0.435. The lowest BCUT2D eigenvalue weighted by atomic mass is 10.0. The smallest absolute Gasteiger partial charge is 0.265 e. The number of carbonyl (C=O) groups is 1. The number of fused-ring (bicyclic) bond motifs is 1. The molecule has 166 valence electrons. The van der Waals surface area contributed by atoms with Gasteiger partial charge >= 0.3 is 0 Å². The van der Waals surface area contributed by atoms with Gasteiger partial charge in [-0.05, 0) is 80.1 Å². The fourth-order valence-electron chi connectivity index (χ4n) is 4.28. The van der Waals surface area contributed by atoms with Gasteiger partial charge in [0, 0.05) is 29.3 Å². The van der Waals surface area contributed by atoms with E-state index in [-0.39, 0.29) is 23.5 Å². The monoisotopic (exact) mass is 506 g/mol. The molecule has 0 saturated carbocycles. The van der Waals surface area contributed by atoms with Crippen LogP contribution in [0, 0.1) is 5.92 Å². The molecule has 0 radical (unpaired) electrons. The van der Waals surface area contributed by atoms with Crippen LogP contribution in [-0.4, -0.2) is 44.4 Å². The molecule has 0 N–H and O–H groups in total. The van der Waals surface area contributed by atoms with E-state index in [2.05, 4.69) is 22.9 Å². The first kappa shape index (κ1) is 22.3. The number of carbonyl (C=O) groups excluding carboxylic acids is 1. The van der Waals surface area contributed by atoms with Crippen LogP contribution < -0.4 is 9.64 Å². The zero-order valence-electron chi connectivity index (χ0n) is 17.8. The van der Waals surface area contributed by atoms with Crippen molar-refractivity contribution in [3.05, 3.63) is 52.5 Å². The van der Waals surface area contributed by atoms with Crippen LogP contribution in [0.2, 0.25) is 0 Å². The fourth-order valence-corrected chi connectivity index (χ4v) is 6.15. The van der Waals surface area contributed by atoms with E-state index in [1.807, 2.05) is 25.1 Å². The van der Waals surface area contributed by atoms with Gasteiger partial charge in [-0.2, -0.15) is 4.31 Å². The summed E-state index contributed by atoms with van der Waals surface area (Å²) >= 11 is 3.48. The number of hydrogen-bond acceptors (Lipinski definition) is 4. The van der Waals surface area contributed by atoms with Gasteiger partial charge in [-0.1, -0.05) is 22.9 Å². The van der Waals surface area contributed by atoms with Gasteiger partial charge < -0.3 is 9.64 Å². The molecule has 1 fully saturated rings. The van der Waals surface area contributed by atoms with Crippen LogP contribution in [0.5, 0.6) is 5.75 Å². The number of halogens is 1. The molecule has 0 aromatic heterocycles. The average Bonchev–Trinajstić information content (AvgIpc) is 3.07. The van der Waals surface area contributed by atoms with Crippen LogP contribution in [-0.2, 0) is 21.2 Å². The van der Waals surface area contributed by atoms with E-state index in [4.69, 9.17) is 4.74 Å². The predicted octanol–water partition coefficient (Wildman–Crippen LogP) is 4.23. The minimum atomic E-state index is -3.49. The van der Waals surface area contributed by atoms with E-state index in [1.165, 1.54) is 0 Å². The van der Waals surface area contributed by atoms with Crippen molar-refractivity contribution in [1.29, 1.82) is 0 Å². The van der Waals surface area contributed by atoms with E-state index in [0.717, 1.165) is 35.0 Å². The number of nitrogens with zero attached hydrogens (tertiary/aromatic N) is 2. The van der Waals surface area contributed by atoms with E-state index in [1.54, 1.807) is 33.5 Å². The Hall–Kier alpha value is -1.90. The molecule has 1 atom stereocenters. The lowest BCUT2D eigenvalue weighted by molar-refractivity contribution is -0.120. The number of piperidine rings is 1. The summed E-state index contributed by atoms with van der Waals surface area (Å²) in [5, 5.41) is 0. The van der Waals surface area contributed by atoms with Crippen molar-refractivity contribution >= 4 is 37.5 Å². The molecule has 4 rings (SSSR count). The van der Waals surface area contributed by atoms with Crippen molar-refractivity contribution in [3.63, 3.8) is 0 Å². The number of benzene rings is 2. The van der Waals surface area contributed by atoms with Gasteiger partial charge in [0.05, 0.1) is 4.90 Å². The maximum atomic E-state index is 12.8. The number of amides is 1. The number of anilines is 1. The van der Waals surface area contributed by atoms with Crippen molar-refractivity contribution in [2.75, 3.05) is 24.6 Å². The van der Waals surface area contributed by atoms with Gasteiger partial charge in [0.2, 0.25) is 10.0 Å². The molecule has 2 aromatic carbocycles. The summed E-state index contributed by atoms with van der Waals surface area (Å²) in [5.74, 6) is 0.918. The largest absolute Gasteiger partial charge is 0.484 e. The molecule has 2 heterocycles. The molecule has 2 aliphatic rings. The molecule has 2 aromatic rings. The summed E-state index contributed by atoms with van der Waals surface area (Å²) in [4.78, 5) is 14.9. The highest BCUT2D eigenvalue weighted by Gasteiger charge is 2.31. The summed E-state index contributed by atoms with van der Waals surface area (Å²) in [6, 6.07) is 12.3. The summed E-state index contributed by atoms with van der Waals surface area (Å²) < 4.78 is 33.9. The summed E-state index contributed by atoms with van der Waals surface area (Å²) in [5.41, 5.74) is 2.05. The second kappa shape index (κ2) is 8.92. The maximum Gasteiger partial charge on any atom is 0.265 e. The Kier molecular flexibility index (Phi) is 6.42. The highest BCUT2D eigenvalue weighted by atomic mass is 79.9. The zero-order chi connectivity index (χ0) is 22.2. The number of ether oxygens (including phenoxy) is 1. The molecule has 0 bridgehead atoms. The van der Waals surface area contributed by atoms with Gasteiger partial charge in [0.15, 0.2) is 6.61 Å². The van der Waals surface area contributed by atoms with E-state index in [9.17, 15) is 13.2 Å². The standard InChI is InChI=1S/C23H27BrN2O4S/c1-16-9-11-25(12-10-16)31(28,29)21-6-4-20(5-7-21)30-15-23(27)26-17(2)13-18-14-19(24)3-8-22(18)26/h3-8,14,16-17H,9-13,15H2,1-2H3. The first-order valence-corrected chi connectivity index (χ1v) is 12.8. The van der Waals surface area contributed by atoms with Gasteiger partial charge in [-0.25, -0.2) is 8.42 Å². The molecule has 0 aliphatic carbocycles. The highest BCUT2D eigenvalue weighted by Crippen LogP contribution is 2.34. The molecule has 0 spiro atoms. The Balaban J connectivity index is 1.39. The van der Waals surface area contributed by atoms with Gasteiger partial charge in [-0.15, -0.1) is 0 Å². The Morgan fingerprint density at radius 2 is 1.77 bits per heavy atom. The van der Waals surface area contributed by atoms with Crippen LogP contribution in [0.4, 0.5) is 5.69 Å². The first-order chi connectivity index (χ1) is 14.8. The normalized spacial score (nSPS) is 20.0. The SMILES string of the molecule is CC1CCN(S(=O)(=O)c2ccc(OCC(=O)N3c4ccc(Br)cc4CC3C)cc2)CC1. The van der Waals surface area contributed by atoms with Crippen molar-refractivity contribution in [2.45, 2.75) is 44.0 Å². The van der Waals surface area contributed by atoms with Crippen LogP contribution in [0.3, 0.4) is 0 Å². The van der Waals surface area contributed by atoms with Gasteiger partial charge in [0.1, 0.15) is 5.75 Å². The van der Waals surface area contributed by atoms with Crippen LogP contribution >= 0.6 is 15.9 Å². The molecular weight excluding hydrogens is 480 g/mol. The highest BCUT2D eigenvalue weighted by molar-refractivity contribution is 9.10. The Bertz CT molecular complexity index is 1060. The molecule has 8 heteroatoms. The summed E-state index contributed by atoms with van der Waals surface area (Å²) in [7, 11) is -3.49. The molecule has 6 nitrogen and oxygen atoms in total. The van der Waals surface area contributed by atoms with Crippen molar-refractivity contribution in [2.24, 2.45) is 5.92 Å². The quantitative estimate of drug-likeness (QED) is 0.608. The minimum absolute atomic E-state index is 0.0696. The summed E-state index contributed by atoms with van der Waals surface area (Å²) in [6.45, 7) is 5.19. The summed E-state index contributed by atoms with van der Waals surface area (Å²) in [6.07, 6.45) is 2.58. The Labute approximate surface area is 192 Å². The Morgan fingerprint density at radius 3 is 2.45 bits per heavy atom. The average molecular weight is 507 g/mol.